The summed E-state index contributed by atoms with van der Waals surface area (Å²) < 4.78 is 4.74. The summed E-state index contributed by atoms with van der Waals surface area (Å²) in [6, 6.07) is 65.1. The molecule has 0 aliphatic heterocycles. The van der Waals surface area contributed by atoms with Crippen LogP contribution in [0.4, 0.5) is 0 Å². The monoisotopic (exact) mass is 831 g/mol. The first-order valence-electron chi connectivity index (χ1n) is 16.7. The molecule has 5 heteroatoms. The fourth-order valence-corrected chi connectivity index (χ4v) is 6.95. The molecule has 4 aromatic heterocycles. The van der Waals surface area contributed by atoms with Gasteiger partial charge in [-0.05, 0) is 71.4 Å². The number of benzene rings is 6. The first-order valence-corrected chi connectivity index (χ1v) is 16.7. The molecule has 0 saturated heterocycles. The molecule has 0 spiro atoms. The Hall–Kier alpha value is -6.13. The topological polar surface area (TPSA) is 35.6 Å². The van der Waals surface area contributed by atoms with Gasteiger partial charge in [-0.25, -0.2) is 0 Å². The maximum Gasteiger partial charge on any atom is 0.0548 e. The molecule has 0 atom stereocenters. The van der Waals surface area contributed by atoms with E-state index in [1.807, 2.05) is 66.9 Å². The van der Waals surface area contributed by atoms with Crippen molar-refractivity contribution < 1.29 is 20.1 Å². The van der Waals surface area contributed by atoms with Gasteiger partial charge in [0.25, 0.3) is 0 Å². The summed E-state index contributed by atoms with van der Waals surface area (Å²) in [5.41, 5.74) is 10.9. The van der Waals surface area contributed by atoms with E-state index in [0.717, 1.165) is 44.8 Å². The summed E-state index contributed by atoms with van der Waals surface area (Å²) in [5, 5.41) is 4.79. The van der Waals surface area contributed by atoms with Gasteiger partial charge in [0.2, 0.25) is 0 Å². The zero-order valence-corrected chi connectivity index (χ0v) is 29.8. The van der Waals surface area contributed by atoms with Crippen LogP contribution in [0.5, 0.6) is 0 Å². The Morgan fingerprint density at radius 2 is 1.00 bits per heavy atom. The van der Waals surface area contributed by atoms with Gasteiger partial charge in [0.15, 0.2) is 0 Å². The Labute approximate surface area is 309 Å². The van der Waals surface area contributed by atoms with E-state index < -0.39 is 0 Å². The van der Waals surface area contributed by atoms with Crippen LogP contribution >= 0.6 is 0 Å². The fourth-order valence-electron chi connectivity index (χ4n) is 6.95. The number of fused-ring (bicyclic) bond motifs is 6. The van der Waals surface area contributed by atoms with E-state index in [2.05, 4.69) is 135 Å². The largest absolute Gasteiger partial charge is 0.310 e. The molecule has 51 heavy (non-hydrogen) atoms. The average molecular weight is 831 g/mol. The second kappa shape index (κ2) is 14.0. The molecular weight excluding hydrogens is 801 g/mol. The van der Waals surface area contributed by atoms with E-state index in [0.29, 0.717) is 0 Å². The Kier molecular flexibility index (Phi) is 8.81. The number of para-hydroxylation sites is 3. The number of aromatic nitrogens is 4. The minimum Gasteiger partial charge on any atom is -0.310 e. The summed E-state index contributed by atoms with van der Waals surface area (Å²) in [6.45, 7) is 0. The first kappa shape index (κ1) is 32.1. The van der Waals surface area contributed by atoms with Crippen LogP contribution in [0.25, 0.3) is 77.5 Å². The third-order valence-corrected chi connectivity index (χ3v) is 9.11. The van der Waals surface area contributed by atoms with Crippen LogP contribution in [0.1, 0.15) is 0 Å². The Bertz CT molecular complexity index is 2690. The first-order chi connectivity index (χ1) is 24.8. The fraction of sp³-hybridized carbons (Fsp3) is 0. The van der Waals surface area contributed by atoms with Crippen molar-refractivity contribution in [3.63, 3.8) is 0 Å². The predicted octanol–water partition coefficient (Wildman–Crippen LogP) is 11.3. The third-order valence-electron chi connectivity index (χ3n) is 9.11. The van der Waals surface area contributed by atoms with Gasteiger partial charge in [0.1, 0.15) is 0 Å². The van der Waals surface area contributed by atoms with Crippen molar-refractivity contribution in [1.82, 2.24) is 19.1 Å². The van der Waals surface area contributed by atoms with Crippen LogP contribution in [0.15, 0.2) is 182 Å². The maximum atomic E-state index is 4.89. The van der Waals surface area contributed by atoms with Crippen molar-refractivity contribution in [3.05, 3.63) is 194 Å². The van der Waals surface area contributed by atoms with E-state index in [4.69, 9.17) is 4.98 Å². The van der Waals surface area contributed by atoms with Gasteiger partial charge in [-0.3, -0.25) is 0 Å². The number of hydrogen-bond acceptors (Lipinski definition) is 2. The van der Waals surface area contributed by atoms with Crippen LogP contribution in [0, 0.1) is 12.1 Å². The summed E-state index contributed by atoms with van der Waals surface area (Å²) in [4.78, 5) is 9.10. The van der Waals surface area contributed by atoms with E-state index in [1.54, 1.807) is 6.20 Å². The van der Waals surface area contributed by atoms with Gasteiger partial charge in [0.05, 0.1) is 16.6 Å². The van der Waals surface area contributed by atoms with E-state index in [9.17, 15) is 0 Å². The number of rotatable bonds is 4. The van der Waals surface area contributed by atoms with Crippen LogP contribution in [-0.4, -0.2) is 19.1 Å². The minimum atomic E-state index is 0. The Morgan fingerprint density at radius 1 is 0.412 bits per heavy atom. The molecule has 0 unspecified atom stereocenters. The van der Waals surface area contributed by atoms with Gasteiger partial charge in [-0.15, -0.1) is 71.8 Å². The van der Waals surface area contributed by atoms with Crippen molar-refractivity contribution in [2.45, 2.75) is 0 Å². The SMILES string of the molecule is [Ir].[c-]1ccccc1-c1ccccn1.[c-]1ccccc1-c1nccc2c1c1cc3c(cc1n2-c1ccccc1)c1ccccc1n3-c1ccccc1. The quantitative estimate of drug-likeness (QED) is 0.166. The molecule has 4 heterocycles. The molecule has 0 amide bonds. The van der Waals surface area contributed by atoms with Crippen molar-refractivity contribution in [2.24, 2.45) is 0 Å². The second-order valence-corrected chi connectivity index (χ2v) is 12.1. The molecule has 0 aliphatic carbocycles. The molecule has 4 nitrogen and oxygen atoms in total. The summed E-state index contributed by atoms with van der Waals surface area (Å²) in [7, 11) is 0. The smallest absolute Gasteiger partial charge is 0.0548 e. The third kappa shape index (κ3) is 5.83. The molecule has 245 valence electrons. The standard InChI is InChI=1S/C35H22N3.C11H8N.Ir/c1-4-12-24(13-5-1)35-34-29-23-32-28(27-18-10-11-19-30(27)37(32)25-14-6-2-7-15-25)22-33(29)38(31(34)20-21-36-35)26-16-8-3-9-17-26;1-2-6-10(7-3-1)11-8-4-5-9-12-11;/h1-12,14-23H;1-6,8-9H;/q2*-1;. The Morgan fingerprint density at radius 3 is 1.67 bits per heavy atom. The van der Waals surface area contributed by atoms with E-state index in [1.165, 1.54) is 32.7 Å². The maximum absolute atomic E-state index is 4.89. The molecule has 10 aromatic rings. The molecule has 0 saturated carbocycles. The summed E-state index contributed by atoms with van der Waals surface area (Å²) in [5.74, 6) is 0. The predicted molar refractivity (Wildman–Crippen MR) is 206 cm³/mol. The molecule has 1 radical (unpaired) electrons. The summed E-state index contributed by atoms with van der Waals surface area (Å²) in [6.07, 6.45) is 3.70. The molecule has 10 rings (SSSR count). The molecular formula is C46H30IrN4-2. The number of pyridine rings is 2. The van der Waals surface area contributed by atoms with Crippen molar-refractivity contribution >= 4 is 43.6 Å². The van der Waals surface area contributed by atoms with E-state index in [-0.39, 0.29) is 20.1 Å². The summed E-state index contributed by atoms with van der Waals surface area (Å²) >= 11 is 0. The van der Waals surface area contributed by atoms with Crippen LogP contribution in [0.2, 0.25) is 0 Å². The zero-order chi connectivity index (χ0) is 33.3. The molecule has 0 N–H and O–H groups in total. The van der Waals surface area contributed by atoms with E-state index >= 15 is 0 Å². The van der Waals surface area contributed by atoms with Gasteiger partial charge in [-0.2, -0.15) is 0 Å². The molecule has 0 fully saturated rings. The van der Waals surface area contributed by atoms with Gasteiger partial charge in [-0.1, -0.05) is 66.7 Å². The molecule has 0 bridgehead atoms. The van der Waals surface area contributed by atoms with Crippen LogP contribution in [0.3, 0.4) is 0 Å². The van der Waals surface area contributed by atoms with Crippen molar-refractivity contribution in [1.29, 1.82) is 0 Å². The zero-order valence-electron chi connectivity index (χ0n) is 27.4. The van der Waals surface area contributed by atoms with Crippen molar-refractivity contribution in [2.75, 3.05) is 0 Å². The molecule has 6 aromatic carbocycles. The average Bonchev–Trinajstić information content (AvgIpc) is 3.71. The van der Waals surface area contributed by atoms with Crippen LogP contribution < -0.4 is 0 Å². The minimum absolute atomic E-state index is 0. The number of hydrogen-bond donors (Lipinski definition) is 0. The normalized spacial score (nSPS) is 11.0. The van der Waals surface area contributed by atoms with Crippen LogP contribution in [-0.2, 0) is 20.1 Å². The van der Waals surface area contributed by atoms with Gasteiger partial charge >= 0.3 is 0 Å². The van der Waals surface area contributed by atoms with Gasteiger partial charge in [0, 0.05) is 65.5 Å². The van der Waals surface area contributed by atoms with Gasteiger partial charge < -0.3 is 19.1 Å². The number of nitrogens with zero attached hydrogens (tertiary/aromatic N) is 4. The molecule has 0 aliphatic rings. The second-order valence-electron chi connectivity index (χ2n) is 12.1. The van der Waals surface area contributed by atoms with Crippen molar-refractivity contribution in [3.8, 4) is 33.9 Å². The Balaban J connectivity index is 0.000000245.